The van der Waals surface area contributed by atoms with Crippen molar-refractivity contribution in [2.24, 2.45) is 7.05 Å². The van der Waals surface area contributed by atoms with Crippen LogP contribution in [0.25, 0.3) is 16.7 Å². The predicted octanol–water partition coefficient (Wildman–Crippen LogP) is 4.67. The molecule has 2 aromatic carbocycles. The van der Waals surface area contributed by atoms with Crippen molar-refractivity contribution >= 4 is 37.6 Å². The van der Waals surface area contributed by atoms with E-state index < -0.39 is 16.1 Å². The molecule has 2 nitrogen and oxygen atoms in total. The summed E-state index contributed by atoms with van der Waals surface area (Å²) >= 11 is 0. The van der Waals surface area contributed by atoms with Crippen molar-refractivity contribution in [3.8, 4) is 5.69 Å². The number of imidazole rings is 1. The molecular formula is C23H35N2Si2+. The van der Waals surface area contributed by atoms with Gasteiger partial charge in [0.25, 0.3) is 5.82 Å². The van der Waals surface area contributed by atoms with Crippen LogP contribution in [-0.4, -0.2) is 20.7 Å². The Morgan fingerprint density at radius 1 is 0.778 bits per heavy atom. The molecule has 0 aliphatic rings. The van der Waals surface area contributed by atoms with E-state index in [1.54, 1.807) is 10.4 Å². The van der Waals surface area contributed by atoms with E-state index in [0.717, 1.165) is 0 Å². The number of hydrogen-bond donors (Lipinski definition) is 0. The van der Waals surface area contributed by atoms with Gasteiger partial charge in [-0.05, 0) is 22.5 Å². The molecule has 0 bridgehead atoms. The maximum Gasteiger partial charge on any atom is 0.264 e. The minimum Gasteiger partial charge on any atom is -0.229 e. The number of nitrogens with zero attached hydrogens (tertiary/aromatic N) is 2. The van der Waals surface area contributed by atoms with Crippen molar-refractivity contribution in [3.05, 3.63) is 48.3 Å². The highest BCUT2D eigenvalue weighted by molar-refractivity contribution is 6.93. The normalized spacial score (nSPS) is 13.0. The Morgan fingerprint density at radius 2 is 1.30 bits per heavy atom. The van der Waals surface area contributed by atoms with E-state index in [-0.39, 0.29) is 0 Å². The molecule has 0 saturated carbocycles. The first kappa shape index (κ1) is 20.1. The van der Waals surface area contributed by atoms with E-state index in [0.29, 0.717) is 5.92 Å². The van der Waals surface area contributed by atoms with Crippen LogP contribution in [0.5, 0.6) is 0 Å². The molecule has 1 aromatic heterocycles. The zero-order valence-electron chi connectivity index (χ0n) is 18.5. The van der Waals surface area contributed by atoms with E-state index in [2.05, 4.69) is 112 Å². The van der Waals surface area contributed by atoms with Crippen molar-refractivity contribution in [2.75, 3.05) is 0 Å². The number of aryl methyl sites for hydroxylation is 1. The quantitative estimate of drug-likeness (QED) is 0.448. The summed E-state index contributed by atoms with van der Waals surface area (Å²) in [5.41, 5.74) is 4.12. The lowest BCUT2D eigenvalue weighted by Gasteiger charge is -2.27. The van der Waals surface area contributed by atoms with Crippen LogP contribution in [-0.2, 0) is 7.05 Å². The van der Waals surface area contributed by atoms with Crippen LogP contribution in [0, 0.1) is 0 Å². The van der Waals surface area contributed by atoms with Gasteiger partial charge in [0.2, 0.25) is 0 Å². The molecule has 3 aromatic rings. The zero-order chi connectivity index (χ0) is 20.1. The minimum atomic E-state index is -1.51. The van der Waals surface area contributed by atoms with E-state index in [4.69, 9.17) is 0 Å². The van der Waals surface area contributed by atoms with Gasteiger partial charge >= 0.3 is 0 Å². The first-order chi connectivity index (χ1) is 12.4. The highest BCUT2D eigenvalue weighted by Crippen LogP contribution is 2.25. The van der Waals surface area contributed by atoms with E-state index in [1.165, 1.54) is 22.5 Å². The van der Waals surface area contributed by atoms with Gasteiger partial charge in [-0.3, -0.25) is 0 Å². The van der Waals surface area contributed by atoms with Crippen molar-refractivity contribution in [1.29, 1.82) is 0 Å². The van der Waals surface area contributed by atoms with E-state index in [1.807, 2.05) is 0 Å². The lowest BCUT2D eigenvalue weighted by molar-refractivity contribution is -0.654. The number of fused-ring (bicyclic) bond motifs is 1. The summed E-state index contributed by atoms with van der Waals surface area (Å²) in [6, 6.07) is 16.0. The maximum atomic E-state index is 2.60. The third kappa shape index (κ3) is 3.45. The molecule has 3 rings (SSSR count). The van der Waals surface area contributed by atoms with Gasteiger partial charge in [0.05, 0.1) is 29.1 Å². The lowest BCUT2D eigenvalue weighted by Crippen LogP contribution is -2.49. The fourth-order valence-electron chi connectivity index (χ4n) is 4.21. The number of benzene rings is 2. The second-order valence-corrected chi connectivity index (χ2v) is 20.2. The third-order valence-corrected chi connectivity index (χ3v) is 9.49. The molecule has 0 aliphatic heterocycles. The molecule has 4 heteroatoms. The molecule has 27 heavy (non-hydrogen) atoms. The summed E-state index contributed by atoms with van der Waals surface area (Å²) in [7, 11) is -0.807. The molecule has 0 fully saturated rings. The molecule has 0 unspecified atom stereocenters. The van der Waals surface area contributed by atoms with Crippen molar-refractivity contribution in [3.63, 3.8) is 0 Å². The molecule has 0 saturated heterocycles. The summed E-state index contributed by atoms with van der Waals surface area (Å²) in [6.45, 7) is 19.5. The Hall–Kier alpha value is -1.66. The standard InChI is InChI=1S/C23H35N2Si2/c1-17(2)23-24(3)18-13-10-11-14-19(18)25(23)22-20(26(4,5)6)15-12-16-21(22)27(7,8)9/h10-17H,1-9H3/q+1. The van der Waals surface area contributed by atoms with Crippen LogP contribution in [0.1, 0.15) is 25.6 Å². The Bertz CT molecular complexity index is 954. The fraction of sp³-hybridized carbons (Fsp3) is 0.435. The molecule has 144 valence electrons. The monoisotopic (exact) mass is 395 g/mol. The number of para-hydroxylation sites is 3. The summed E-state index contributed by atoms with van der Waals surface area (Å²) in [5, 5.41) is 3.15. The Morgan fingerprint density at radius 3 is 1.78 bits per heavy atom. The van der Waals surface area contributed by atoms with Gasteiger partial charge in [0, 0.05) is 0 Å². The van der Waals surface area contributed by atoms with Gasteiger partial charge < -0.3 is 0 Å². The number of hydrogen-bond acceptors (Lipinski definition) is 0. The SMILES string of the molecule is CC(C)c1n(-c2c([Si](C)(C)C)cccc2[Si](C)(C)C)c2ccccc2[n+]1C. The van der Waals surface area contributed by atoms with Crippen LogP contribution in [0.4, 0.5) is 0 Å². The highest BCUT2D eigenvalue weighted by Gasteiger charge is 2.35. The predicted molar refractivity (Wildman–Crippen MR) is 125 cm³/mol. The van der Waals surface area contributed by atoms with Crippen molar-refractivity contribution < 1.29 is 4.57 Å². The van der Waals surface area contributed by atoms with E-state index in [9.17, 15) is 0 Å². The molecule has 0 N–H and O–H groups in total. The highest BCUT2D eigenvalue weighted by atomic mass is 28.3. The van der Waals surface area contributed by atoms with Crippen molar-refractivity contribution in [2.45, 2.75) is 59.0 Å². The summed E-state index contributed by atoms with van der Waals surface area (Å²) in [4.78, 5) is 0. The second kappa shape index (κ2) is 6.75. The van der Waals surface area contributed by atoms with Crippen LogP contribution >= 0.6 is 0 Å². The first-order valence-corrected chi connectivity index (χ1v) is 17.1. The van der Waals surface area contributed by atoms with Gasteiger partial charge in [-0.25, -0.2) is 4.57 Å². The second-order valence-electron chi connectivity index (χ2n) is 10.1. The molecular weight excluding hydrogens is 360 g/mol. The van der Waals surface area contributed by atoms with Gasteiger partial charge in [-0.2, -0.15) is 4.57 Å². The van der Waals surface area contributed by atoms with Crippen LogP contribution < -0.4 is 14.9 Å². The summed E-state index contributed by atoms with van der Waals surface area (Å²) in [5.74, 6) is 1.84. The first-order valence-electron chi connectivity index (χ1n) is 10.1. The number of aromatic nitrogens is 2. The third-order valence-electron chi connectivity index (χ3n) is 5.45. The van der Waals surface area contributed by atoms with Gasteiger partial charge in [-0.15, -0.1) is 0 Å². The topological polar surface area (TPSA) is 8.81 Å². The zero-order valence-corrected chi connectivity index (χ0v) is 20.5. The van der Waals surface area contributed by atoms with Crippen LogP contribution in [0.15, 0.2) is 42.5 Å². The van der Waals surface area contributed by atoms with Crippen molar-refractivity contribution in [1.82, 2.24) is 4.57 Å². The average Bonchev–Trinajstić information content (AvgIpc) is 2.86. The van der Waals surface area contributed by atoms with Gasteiger partial charge in [-0.1, -0.05) is 83.5 Å². The molecule has 0 spiro atoms. The van der Waals surface area contributed by atoms with Gasteiger partial charge in [0.15, 0.2) is 11.0 Å². The van der Waals surface area contributed by atoms with E-state index >= 15 is 0 Å². The minimum absolute atomic E-state index is 0.451. The Labute approximate surface area is 166 Å². The molecule has 0 atom stereocenters. The van der Waals surface area contributed by atoms with Crippen LogP contribution in [0.2, 0.25) is 39.3 Å². The fourth-order valence-corrected chi connectivity index (χ4v) is 7.44. The largest absolute Gasteiger partial charge is 0.264 e. The smallest absolute Gasteiger partial charge is 0.229 e. The lowest BCUT2D eigenvalue weighted by atomic mass is 10.2. The molecule has 1 heterocycles. The van der Waals surface area contributed by atoms with Crippen LogP contribution in [0.3, 0.4) is 0 Å². The molecule has 0 amide bonds. The average molecular weight is 396 g/mol. The summed E-state index contributed by atoms with van der Waals surface area (Å²) < 4.78 is 5.00. The molecule has 0 radical (unpaired) electrons. The molecule has 0 aliphatic carbocycles. The number of rotatable bonds is 4. The maximum absolute atomic E-state index is 2.60. The van der Waals surface area contributed by atoms with Gasteiger partial charge in [0.1, 0.15) is 5.69 Å². The Balaban J connectivity index is 2.57. The Kier molecular flexibility index (Phi) is 5.02. The summed E-state index contributed by atoms with van der Waals surface area (Å²) in [6.07, 6.45) is 0.